The number of benzene rings is 1. The third-order valence-corrected chi connectivity index (χ3v) is 4.74. The summed E-state index contributed by atoms with van der Waals surface area (Å²) in [5.41, 5.74) is 3.26. The average Bonchev–Trinajstić information content (AvgIpc) is 2.65. The fourth-order valence-electron chi connectivity index (χ4n) is 2.92. The summed E-state index contributed by atoms with van der Waals surface area (Å²) in [7, 11) is 0. The summed E-state index contributed by atoms with van der Waals surface area (Å²) in [5, 5.41) is 2.92. The van der Waals surface area contributed by atoms with Gasteiger partial charge < -0.3 is 15.1 Å². The topological polar surface area (TPSA) is 78.4 Å². The van der Waals surface area contributed by atoms with Gasteiger partial charge in [-0.05, 0) is 37.1 Å². The van der Waals surface area contributed by atoms with Crippen LogP contribution >= 0.6 is 0 Å². The zero-order chi connectivity index (χ0) is 18.7. The molecule has 3 rings (SSSR count). The normalized spacial score (nSPS) is 14.3. The van der Waals surface area contributed by atoms with Crippen LogP contribution in [-0.4, -0.2) is 52.9 Å². The van der Waals surface area contributed by atoms with Gasteiger partial charge in [0.1, 0.15) is 5.69 Å². The smallest absolute Gasteiger partial charge is 0.274 e. The van der Waals surface area contributed by atoms with Crippen LogP contribution in [0.15, 0.2) is 30.5 Å². The molecule has 1 fully saturated rings. The fraction of sp³-hybridized carbons (Fsp3) is 0.368. The standard InChI is InChI=1S/C19H23N5O2/c1-13-5-4-6-16(14(13)2)21-18(26)17-7-8-20-19(22-17)24-11-9-23(10-12-24)15(3)25/h4-8H,9-12H2,1-3H3,(H,21,26). The number of aryl methyl sites for hydroxylation is 1. The van der Waals surface area contributed by atoms with Crippen molar-refractivity contribution in [3.05, 3.63) is 47.3 Å². The van der Waals surface area contributed by atoms with Crippen LogP contribution in [0, 0.1) is 13.8 Å². The van der Waals surface area contributed by atoms with E-state index in [4.69, 9.17) is 0 Å². The molecule has 1 aromatic heterocycles. The van der Waals surface area contributed by atoms with Crippen molar-refractivity contribution >= 4 is 23.5 Å². The van der Waals surface area contributed by atoms with Gasteiger partial charge in [-0.3, -0.25) is 9.59 Å². The molecule has 2 amide bonds. The zero-order valence-electron chi connectivity index (χ0n) is 15.3. The highest BCUT2D eigenvalue weighted by Crippen LogP contribution is 2.19. The second-order valence-electron chi connectivity index (χ2n) is 6.44. The Kier molecular flexibility index (Phi) is 5.16. The number of amides is 2. The van der Waals surface area contributed by atoms with Gasteiger partial charge in [0, 0.05) is 45.0 Å². The highest BCUT2D eigenvalue weighted by molar-refractivity contribution is 6.03. The highest BCUT2D eigenvalue weighted by Gasteiger charge is 2.21. The number of hydrogen-bond donors (Lipinski definition) is 1. The van der Waals surface area contributed by atoms with Crippen LogP contribution in [0.5, 0.6) is 0 Å². The molecule has 2 heterocycles. The van der Waals surface area contributed by atoms with E-state index >= 15 is 0 Å². The predicted molar refractivity (Wildman–Crippen MR) is 100 cm³/mol. The molecule has 26 heavy (non-hydrogen) atoms. The van der Waals surface area contributed by atoms with Crippen molar-refractivity contribution in [3.8, 4) is 0 Å². The quantitative estimate of drug-likeness (QED) is 0.913. The van der Waals surface area contributed by atoms with Crippen LogP contribution in [-0.2, 0) is 4.79 Å². The van der Waals surface area contributed by atoms with Gasteiger partial charge >= 0.3 is 0 Å². The maximum absolute atomic E-state index is 12.6. The second kappa shape index (κ2) is 7.51. The van der Waals surface area contributed by atoms with Crippen molar-refractivity contribution in [2.75, 3.05) is 36.4 Å². The molecule has 0 unspecified atom stereocenters. The third kappa shape index (κ3) is 3.82. The molecule has 1 saturated heterocycles. The number of piperazine rings is 1. The molecular formula is C19H23N5O2. The van der Waals surface area contributed by atoms with Crippen LogP contribution in [0.25, 0.3) is 0 Å². The molecule has 1 N–H and O–H groups in total. The van der Waals surface area contributed by atoms with Crippen molar-refractivity contribution in [2.24, 2.45) is 0 Å². The Morgan fingerprint density at radius 1 is 1.08 bits per heavy atom. The summed E-state index contributed by atoms with van der Waals surface area (Å²) >= 11 is 0. The van der Waals surface area contributed by atoms with Crippen molar-refractivity contribution in [1.82, 2.24) is 14.9 Å². The number of carbonyl (C=O) groups is 2. The predicted octanol–water partition coefficient (Wildman–Crippen LogP) is 2.01. The molecule has 1 aromatic carbocycles. The van der Waals surface area contributed by atoms with E-state index in [1.807, 2.05) is 36.9 Å². The van der Waals surface area contributed by atoms with E-state index in [0.29, 0.717) is 37.8 Å². The number of hydrogen-bond acceptors (Lipinski definition) is 5. The molecule has 1 aliphatic rings. The number of anilines is 2. The lowest BCUT2D eigenvalue weighted by molar-refractivity contribution is -0.129. The maximum atomic E-state index is 12.6. The number of aromatic nitrogens is 2. The van der Waals surface area contributed by atoms with Crippen LogP contribution in [0.4, 0.5) is 11.6 Å². The van der Waals surface area contributed by atoms with E-state index in [9.17, 15) is 9.59 Å². The Labute approximate surface area is 153 Å². The first kappa shape index (κ1) is 17.8. The van der Waals surface area contributed by atoms with Crippen molar-refractivity contribution in [3.63, 3.8) is 0 Å². The van der Waals surface area contributed by atoms with Gasteiger partial charge in [-0.1, -0.05) is 12.1 Å². The molecule has 0 atom stereocenters. The summed E-state index contributed by atoms with van der Waals surface area (Å²) in [5.74, 6) is 0.332. The Hall–Kier alpha value is -2.96. The second-order valence-corrected chi connectivity index (χ2v) is 6.44. The van der Waals surface area contributed by atoms with Crippen LogP contribution in [0.3, 0.4) is 0 Å². The van der Waals surface area contributed by atoms with E-state index < -0.39 is 0 Å². The van der Waals surface area contributed by atoms with Gasteiger partial charge in [-0.15, -0.1) is 0 Å². The maximum Gasteiger partial charge on any atom is 0.274 e. The summed E-state index contributed by atoms with van der Waals surface area (Å²) in [6, 6.07) is 7.41. The van der Waals surface area contributed by atoms with E-state index in [2.05, 4.69) is 15.3 Å². The van der Waals surface area contributed by atoms with E-state index in [0.717, 1.165) is 16.8 Å². The van der Waals surface area contributed by atoms with Crippen molar-refractivity contribution < 1.29 is 9.59 Å². The SMILES string of the molecule is CC(=O)N1CCN(c2nccc(C(=O)Nc3cccc(C)c3C)n2)CC1. The summed E-state index contributed by atoms with van der Waals surface area (Å²) in [4.78, 5) is 36.5. The summed E-state index contributed by atoms with van der Waals surface area (Å²) in [6.07, 6.45) is 1.59. The van der Waals surface area contributed by atoms with Gasteiger partial charge in [-0.25, -0.2) is 9.97 Å². The van der Waals surface area contributed by atoms with Gasteiger partial charge in [0.2, 0.25) is 11.9 Å². The van der Waals surface area contributed by atoms with Crippen LogP contribution < -0.4 is 10.2 Å². The molecule has 1 aliphatic heterocycles. The van der Waals surface area contributed by atoms with Gasteiger partial charge in [0.25, 0.3) is 5.91 Å². The first-order valence-electron chi connectivity index (χ1n) is 8.67. The average molecular weight is 353 g/mol. The molecule has 136 valence electrons. The fourth-order valence-corrected chi connectivity index (χ4v) is 2.92. The molecule has 0 aliphatic carbocycles. The van der Waals surface area contributed by atoms with Crippen LogP contribution in [0.1, 0.15) is 28.5 Å². The summed E-state index contributed by atoms with van der Waals surface area (Å²) in [6.45, 7) is 8.14. The number of rotatable bonds is 3. The van der Waals surface area contributed by atoms with Gasteiger partial charge in [0.15, 0.2) is 0 Å². The molecule has 7 heteroatoms. The third-order valence-electron chi connectivity index (χ3n) is 4.74. The van der Waals surface area contributed by atoms with E-state index in [-0.39, 0.29) is 11.8 Å². The minimum absolute atomic E-state index is 0.0761. The minimum Gasteiger partial charge on any atom is -0.339 e. The monoisotopic (exact) mass is 353 g/mol. The number of nitrogens with one attached hydrogen (secondary N) is 1. The van der Waals surface area contributed by atoms with E-state index in [1.54, 1.807) is 24.1 Å². The number of nitrogens with zero attached hydrogens (tertiary/aromatic N) is 4. The minimum atomic E-state index is -0.260. The lowest BCUT2D eigenvalue weighted by atomic mass is 10.1. The zero-order valence-corrected chi connectivity index (χ0v) is 15.3. The first-order valence-corrected chi connectivity index (χ1v) is 8.67. The Bertz CT molecular complexity index is 828. The Morgan fingerprint density at radius 2 is 1.81 bits per heavy atom. The lowest BCUT2D eigenvalue weighted by Gasteiger charge is -2.34. The molecule has 7 nitrogen and oxygen atoms in total. The first-order chi connectivity index (χ1) is 12.5. The largest absolute Gasteiger partial charge is 0.339 e. The van der Waals surface area contributed by atoms with Crippen molar-refractivity contribution in [1.29, 1.82) is 0 Å². The van der Waals surface area contributed by atoms with E-state index in [1.165, 1.54) is 0 Å². The molecule has 0 radical (unpaired) electrons. The molecule has 2 aromatic rings. The van der Waals surface area contributed by atoms with Gasteiger partial charge in [-0.2, -0.15) is 0 Å². The molecule has 0 bridgehead atoms. The molecule has 0 spiro atoms. The lowest BCUT2D eigenvalue weighted by Crippen LogP contribution is -2.48. The van der Waals surface area contributed by atoms with Crippen molar-refractivity contribution in [2.45, 2.75) is 20.8 Å². The number of carbonyl (C=O) groups excluding carboxylic acids is 2. The molecular weight excluding hydrogens is 330 g/mol. The summed E-state index contributed by atoms with van der Waals surface area (Å²) < 4.78 is 0. The Morgan fingerprint density at radius 3 is 2.50 bits per heavy atom. The highest BCUT2D eigenvalue weighted by atomic mass is 16.2. The van der Waals surface area contributed by atoms with Gasteiger partial charge in [0.05, 0.1) is 0 Å². The molecule has 0 saturated carbocycles. The Balaban J connectivity index is 1.72. The van der Waals surface area contributed by atoms with Crippen LogP contribution in [0.2, 0.25) is 0 Å².